The number of piperazine rings is 1. The number of aryl methyl sites for hydroxylation is 2. The Labute approximate surface area is 173 Å². The van der Waals surface area contributed by atoms with Gasteiger partial charge < -0.3 is 15.1 Å². The molecular weight excluding hydrogens is 372 g/mol. The minimum absolute atomic E-state index is 0.768. The van der Waals surface area contributed by atoms with E-state index in [2.05, 4.69) is 47.1 Å². The van der Waals surface area contributed by atoms with E-state index >= 15 is 0 Å². The van der Waals surface area contributed by atoms with Crippen LogP contribution in [-0.2, 0) is 13.5 Å². The second kappa shape index (κ2) is 9.32. The van der Waals surface area contributed by atoms with E-state index in [1.807, 2.05) is 29.9 Å². The van der Waals surface area contributed by atoms with Crippen molar-refractivity contribution in [1.82, 2.24) is 20.0 Å². The zero-order valence-corrected chi connectivity index (χ0v) is 18.1. The molecule has 0 aliphatic carbocycles. The minimum atomic E-state index is 0.768. The number of nitrogens with one attached hydrogen (secondary N) is 1. The van der Waals surface area contributed by atoms with Gasteiger partial charge in [-0.3, -0.25) is 9.67 Å². The van der Waals surface area contributed by atoms with Crippen molar-refractivity contribution in [2.45, 2.75) is 27.2 Å². The minimum Gasteiger partial charge on any atom is -0.368 e. The Kier molecular flexibility index (Phi) is 6.83. The van der Waals surface area contributed by atoms with Crippen LogP contribution in [0.25, 0.3) is 0 Å². The summed E-state index contributed by atoms with van der Waals surface area (Å²) in [6, 6.07) is 8.09. The fourth-order valence-electron chi connectivity index (χ4n) is 3.73. The molecule has 1 saturated heterocycles. The van der Waals surface area contributed by atoms with E-state index in [1.165, 1.54) is 16.9 Å². The third-order valence-corrected chi connectivity index (χ3v) is 5.60. The topological polar surface area (TPSA) is 48.7 Å². The van der Waals surface area contributed by atoms with E-state index < -0.39 is 0 Å². The van der Waals surface area contributed by atoms with Gasteiger partial charge in [0, 0.05) is 62.7 Å². The van der Waals surface area contributed by atoms with Crippen molar-refractivity contribution in [2.24, 2.45) is 12.0 Å². The van der Waals surface area contributed by atoms with Gasteiger partial charge in [-0.1, -0.05) is 17.7 Å². The highest BCUT2D eigenvalue weighted by atomic mass is 35.5. The van der Waals surface area contributed by atoms with Crippen molar-refractivity contribution < 1.29 is 0 Å². The SMILES string of the molecule is CCNC(=NCCc1c(C)nn(C)c1C)N1CCN(c2cccc(Cl)c2)CC1. The first kappa shape index (κ1) is 20.5. The van der Waals surface area contributed by atoms with Gasteiger partial charge in [0.1, 0.15) is 0 Å². The van der Waals surface area contributed by atoms with Gasteiger partial charge in [0.25, 0.3) is 0 Å². The molecule has 1 aliphatic rings. The average molecular weight is 403 g/mol. The molecule has 6 nitrogen and oxygen atoms in total. The molecule has 3 rings (SSSR count). The lowest BCUT2D eigenvalue weighted by molar-refractivity contribution is 0.372. The maximum Gasteiger partial charge on any atom is 0.194 e. The molecule has 1 aromatic heterocycles. The van der Waals surface area contributed by atoms with Crippen LogP contribution in [-0.4, -0.2) is 59.9 Å². The third kappa shape index (κ3) is 4.79. The molecule has 0 bridgehead atoms. The van der Waals surface area contributed by atoms with Crippen LogP contribution in [0.15, 0.2) is 29.3 Å². The van der Waals surface area contributed by atoms with Crippen molar-refractivity contribution in [3.8, 4) is 0 Å². The number of anilines is 1. The number of hydrogen-bond acceptors (Lipinski definition) is 3. The Morgan fingerprint density at radius 2 is 1.96 bits per heavy atom. The summed E-state index contributed by atoms with van der Waals surface area (Å²) in [5, 5.41) is 8.75. The first-order valence-electron chi connectivity index (χ1n) is 10.0. The monoisotopic (exact) mass is 402 g/mol. The molecule has 2 heterocycles. The summed E-state index contributed by atoms with van der Waals surface area (Å²) in [7, 11) is 2.00. The maximum atomic E-state index is 6.14. The molecule has 0 saturated carbocycles. The van der Waals surface area contributed by atoms with Gasteiger partial charge >= 0.3 is 0 Å². The lowest BCUT2D eigenvalue weighted by Crippen LogP contribution is -2.52. The molecule has 1 N–H and O–H groups in total. The summed E-state index contributed by atoms with van der Waals surface area (Å²) < 4.78 is 1.95. The van der Waals surface area contributed by atoms with Gasteiger partial charge in [0.05, 0.1) is 5.69 Å². The first-order chi connectivity index (χ1) is 13.5. The van der Waals surface area contributed by atoms with E-state index in [0.29, 0.717) is 0 Å². The van der Waals surface area contributed by atoms with Crippen LogP contribution in [0.1, 0.15) is 23.9 Å². The van der Waals surface area contributed by atoms with Gasteiger partial charge in [-0.05, 0) is 51.0 Å². The Hall–Kier alpha value is -2.21. The largest absolute Gasteiger partial charge is 0.368 e. The van der Waals surface area contributed by atoms with E-state index in [1.54, 1.807) is 0 Å². The molecule has 2 aromatic rings. The summed E-state index contributed by atoms with van der Waals surface area (Å²) in [6.07, 6.45) is 0.920. The predicted octanol–water partition coefficient (Wildman–Crippen LogP) is 3.02. The molecular formula is C21H31ClN6. The van der Waals surface area contributed by atoms with E-state index in [4.69, 9.17) is 16.6 Å². The summed E-state index contributed by atoms with van der Waals surface area (Å²) in [6.45, 7) is 11.8. The highest BCUT2D eigenvalue weighted by molar-refractivity contribution is 6.30. The predicted molar refractivity (Wildman–Crippen MR) is 118 cm³/mol. The number of benzene rings is 1. The van der Waals surface area contributed by atoms with E-state index in [0.717, 1.165) is 62.4 Å². The second-order valence-electron chi connectivity index (χ2n) is 7.21. The highest BCUT2D eigenvalue weighted by Gasteiger charge is 2.20. The standard InChI is InChI=1S/C21H31ClN6/c1-5-23-21(24-10-9-20-16(2)25-26(4)17(20)3)28-13-11-27(12-14-28)19-8-6-7-18(22)15-19/h6-8,15H,5,9-14H2,1-4H3,(H,23,24). The normalized spacial score (nSPS) is 15.2. The smallest absolute Gasteiger partial charge is 0.194 e. The molecule has 0 unspecified atom stereocenters. The molecule has 0 atom stereocenters. The first-order valence-corrected chi connectivity index (χ1v) is 10.4. The van der Waals surface area contributed by atoms with Gasteiger partial charge in [-0.15, -0.1) is 0 Å². The number of halogens is 1. The molecule has 1 aliphatic heterocycles. The number of nitrogens with zero attached hydrogens (tertiary/aromatic N) is 5. The second-order valence-corrected chi connectivity index (χ2v) is 7.65. The lowest BCUT2D eigenvalue weighted by atomic mass is 10.1. The van der Waals surface area contributed by atoms with Gasteiger partial charge in [0.2, 0.25) is 0 Å². The van der Waals surface area contributed by atoms with Gasteiger partial charge in [-0.25, -0.2) is 0 Å². The maximum absolute atomic E-state index is 6.14. The van der Waals surface area contributed by atoms with Crippen LogP contribution in [0.2, 0.25) is 5.02 Å². The molecule has 7 heteroatoms. The Bertz CT molecular complexity index is 820. The molecule has 28 heavy (non-hydrogen) atoms. The molecule has 1 aromatic carbocycles. The molecule has 0 spiro atoms. The molecule has 0 radical (unpaired) electrons. The third-order valence-electron chi connectivity index (χ3n) is 5.37. The molecule has 152 valence electrons. The van der Waals surface area contributed by atoms with Crippen LogP contribution in [0.5, 0.6) is 0 Å². The zero-order valence-electron chi connectivity index (χ0n) is 17.4. The fourth-order valence-corrected chi connectivity index (χ4v) is 3.91. The van der Waals surface area contributed by atoms with Gasteiger partial charge in [0.15, 0.2) is 5.96 Å². The van der Waals surface area contributed by atoms with Gasteiger partial charge in [-0.2, -0.15) is 5.10 Å². The Morgan fingerprint density at radius 1 is 1.21 bits per heavy atom. The molecule has 0 amide bonds. The summed E-state index contributed by atoms with van der Waals surface area (Å²) in [5.41, 5.74) is 4.84. The van der Waals surface area contributed by atoms with Crippen LogP contribution in [0.3, 0.4) is 0 Å². The van der Waals surface area contributed by atoms with Crippen LogP contribution in [0, 0.1) is 13.8 Å². The number of hydrogen-bond donors (Lipinski definition) is 1. The van der Waals surface area contributed by atoms with Crippen LogP contribution >= 0.6 is 11.6 Å². The number of aliphatic imine (C=N–C) groups is 1. The summed E-state index contributed by atoms with van der Waals surface area (Å²) in [5.74, 6) is 1.01. The van der Waals surface area contributed by atoms with E-state index in [-0.39, 0.29) is 0 Å². The van der Waals surface area contributed by atoms with Crippen molar-refractivity contribution in [3.63, 3.8) is 0 Å². The van der Waals surface area contributed by atoms with Crippen LogP contribution < -0.4 is 10.2 Å². The van der Waals surface area contributed by atoms with Crippen molar-refractivity contribution >= 4 is 23.2 Å². The number of rotatable bonds is 5. The molecule has 1 fully saturated rings. The summed E-state index contributed by atoms with van der Waals surface area (Å²) >= 11 is 6.14. The highest BCUT2D eigenvalue weighted by Crippen LogP contribution is 2.21. The Balaban J connectivity index is 1.60. The Morgan fingerprint density at radius 3 is 2.57 bits per heavy atom. The quantitative estimate of drug-likeness (QED) is 0.617. The van der Waals surface area contributed by atoms with E-state index in [9.17, 15) is 0 Å². The number of aromatic nitrogens is 2. The zero-order chi connectivity index (χ0) is 20.1. The lowest BCUT2D eigenvalue weighted by Gasteiger charge is -2.37. The van der Waals surface area contributed by atoms with Crippen molar-refractivity contribution in [2.75, 3.05) is 44.2 Å². The van der Waals surface area contributed by atoms with Crippen molar-refractivity contribution in [1.29, 1.82) is 0 Å². The average Bonchev–Trinajstić information content (AvgIpc) is 2.93. The van der Waals surface area contributed by atoms with Crippen molar-refractivity contribution in [3.05, 3.63) is 46.2 Å². The number of guanidine groups is 1. The summed E-state index contributed by atoms with van der Waals surface area (Å²) in [4.78, 5) is 9.63. The van der Waals surface area contributed by atoms with Crippen LogP contribution in [0.4, 0.5) is 5.69 Å². The fraction of sp³-hybridized carbons (Fsp3) is 0.524.